The maximum atomic E-state index is 2.45. The lowest BCUT2D eigenvalue weighted by Crippen LogP contribution is -2.01. The summed E-state index contributed by atoms with van der Waals surface area (Å²) in [4.78, 5) is 0. The fourth-order valence-corrected chi connectivity index (χ4v) is 4.55. The van der Waals surface area contributed by atoms with Crippen LogP contribution in [0.4, 0.5) is 0 Å². The molecular weight excluding hydrogens is 216 g/mol. The lowest BCUT2D eigenvalue weighted by molar-refractivity contribution is 0.401. The fraction of sp³-hybridized carbons (Fsp3) is 0.889. The molecule has 3 aliphatic carbocycles. The minimum Gasteiger partial charge on any atom is -0.0885 e. The van der Waals surface area contributed by atoms with E-state index in [1.807, 2.05) is 0 Å². The smallest absolute Gasteiger partial charge is 0.0351 e. The summed E-state index contributed by atoms with van der Waals surface area (Å²) in [5.74, 6) is 4.54. The van der Waals surface area contributed by atoms with E-state index in [1.54, 1.807) is 32.1 Å². The van der Waals surface area contributed by atoms with E-state index >= 15 is 0 Å². The van der Waals surface area contributed by atoms with Gasteiger partial charge in [0.05, 0.1) is 0 Å². The SMILES string of the molecule is C1=C\CCCC2CCC(C2)C2CC2CCCCC/1. The molecule has 4 atom stereocenters. The Labute approximate surface area is 113 Å². The van der Waals surface area contributed by atoms with Crippen LogP contribution >= 0.6 is 0 Å². The highest BCUT2D eigenvalue weighted by Gasteiger charge is 2.44. The maximum absolute atomic E-state index is 2.45. The highest BCUT2D eigenvalue weighted by molar-refractivity contribution is 4.94. The Kier molecular flexibility index (Phi) is 4.44. The molecule has 0 nitrogen and oxygen atoms in total. The first-order valence-electron chi connectivity index (χ1n) is 8.58. The normalized spacial score (nSPS) is 43.6. The fourth-order valence-electron chi connectivity index (χ4n) is 4.55. The largest absolute Gasteiger partial charge is 0.0885 e. The van der Waals surface area contributed by atoms with Crippen molar-refractivity contribution in [1.29, 1.82) is 0 Å². The van der Waals surface area contributed by atoms with Gasteiger partial charge < -0.3 is 0 Å². The third-order valence-corrected chi connectivity index (χ3v) is 5.76. The van der Waals surface area contributed by atoms with Crippen molar-refractivity contribution < 1.29 is 0 Å². The van der Waals surface area contributed by atoms with Gasteiger partial charge in [-0.25, -0.2) is 0 Å². The molecule has 0 N–H and O–H groups in total. The zero-order valence-electron chi connectivity index (χ0n) is 11.9. The minimum absolute atomic E-state index is 1.09. The van der Waals surface area contributed by atoms with E-state index < -0.39 is 0 Å². The Morgan fingerprint density at radius 3 is 2.39 bits per heavy atom. The van der Waals surface area contributed by atoms with E-state index in [1.165, 1.54) is 50.9 Å². The molecule has 3 aliphatic rings. The average Bonchev–Trinajstić information content (AvgIpc) is 2.99. The molecule has 0 aromatic rings. The molecule has 4 unspecified atom stereocenters. The monoisotopic (exact) mass is 246 g/mol. The van der Waals surface area contributed by atoms with Crippen LogP contribution in [0.5, 0.6) is 0 Å². The van der Waals surface area contributed by atoms with E-state index in [9.17, 15) is 0 Å². The summed E-state index contributed by atoms with van der Waals surface area (Å²) < 4.78 is 0. The molecule has 18 heavy (non-hydrogen) atoms. The van der Waals surface area contributed by atoms with Gasteiger partial charge in [0.2, 0.25) is 0 Å². The molecule has 0 heteroatoms. The van der Waals surface area contributed by atoms with Crippen molar-refractivity contribution in [3.05, 3.63) is 12.2 Å². The number of hydrogen-bond donors (Lipinski definition) is 0. The van der Waals surface area contributed by atoms with Crippen molar-refractivity contribution in [2.24, 2.45) is 23.7 Å². The summed E-state index contributed by atoms with van der Waals surface area (Å²) in [7, 11) is 0. The van der Waals surface area contributed by atoms with E-state index in [2.05, 4.69) is 12.2 Å². The van der Waals surface area contributed by atoms with Crippen molar-refractivity contribution in [3.63, 3.8) is 0 Å². The first-order chi connectivity index (χ1) is 8.93. The van der Waals surface area contributed by atoms with Gasteiger partial charge in [-0.3, -0.25) is 0 Å². The van der Waals surface area contributed by atoms with Crippen LogP contribution in [0.15, 0.2) is 12.2 Å². The topological polar surface area (TPSA) is 0 Å². The van der Waals surface area contributed by atoms with Crippen molar-refractivity contribution in [3.8, 4) is 0 Å². The predicted molar refractivity (Wildman–Crippen MR) is 78.5 cm³/mol. The van der Waals surface area contributed by atoms with Crippen LogP contribution in [0.1, 0.15) is 77.0 Å². The Morgan fingerprint density at radius 1 is 0.611 bits per heavy atom. The highest BCUT2D eigenvalue weighted by atomic mass is 14.5. The van der Waals surface area contributed by atoms with E-state index in [0.29, 0.717) is 0 Å². The van der Waals surface area contributed by atoms with Gasteiger partial charge in [-0.15, -0.1) is 0 Å². The summed E-state index contributed by atoms with van der Waals surface area (Å²) >= 11 is 0. The van der Waals surface area contributed by atoms with Crippen LogP contribution in [0.25, 0.3) is 0 Å². The van der Waals surface area contributed by atoms with Crippen LogP contribution in [-0.2, 0) is 0 Å². The molecule has 0 aromatic heterocycles. The van der Waals surface area contributed by atoms with Crippen LogP contribution < -0.4 is 0 Å². The molecule has 2 saturated carbocycles. The van der Waals surface area contributed by atoms with Gasteiger partial charge in [0.15, 0.2) is 0 Å². The summed E-state index contributed by atoms with van der Waals surface area (Å²) in [6, 6.07) is 0. The third-order valence-electron chi connectivity index (χ3n) is 5.76. The number of hydrogen-bond acceptors (Lipinski definition) is 0. The van der Waals surface area contributed by atoms with Gasteiger partial charge in [0.1, 0.15) is 0 Å². The molecule has 0 saturated heterocycles. The third kappa shape index (κ3) is 3.39. The number of allylic oxidation sites excluding steroid dienone is 2. The van der Waals surface area contributed by atoms with E-state index in [-0.39, 0.29) is 0 Å². The Hall–Kier alpha value is -0.260. The van der Waals surface area contributed by atoms with Crippen LogP contribution in [-0.4, -0.2) is 0 Å². The lowest BCUT2D eigenvalue weighted by atomic mass is 9.95. The summed E-state index contributed by atoms with van der Waals surface area (Å²) in [5.41, 5.74) is 0. The van der Waals surface area contributed by atoms with Gasteiger partial charge in [-0.1, -0.05) is 44.3 Å². The second kappa shape index (κ2) is 6.26. The van der Waals surface area contributed by atoms with E-state index in [4.69, 9.17) is 0 Å². The molecule has 0 aromatic carbocycles. The zero-order chi connectivity index (χ0) is 12.2. The number of rotatable bonds is 0. The van der Waals surface area contributed by atoms with Gasteiger partial charge in [-0.05, 0) is 68.6 Å². The Morgan fingerprint density at radius 2 is 1.44 bits per heavy atom. The van der Waals surface area contributed by atoms with Gasteiger partial charge in [0, 0.05) is 0 Å². The van der Waals surface area contributed by atoms with Gasteiger partial charge >= 0.3 is 0 Å². The first kappa shape index (κ1) is 12.8. The molecule has 0 aliphatic heterocycles. The zero-order valence-corrected chi connectivity index (χ0v) is 11.9. The Bertz CT molecular complexity index is 278. The molecule has 0 spiro atoms. The summed E-state index contributed by atoms with van der Waals surface area (Å²) in [6.45, 7) is 0. The highest BCUT2D eigenvalue weighted by Crippen LogP contribution is 2.54. The molecule has 0 amide bonds. The molecular formula is C18H30. The second-order valence-corrected chi connectivity index (χ2v) is 7.14. The van der Waals surface area contributed by atoms with Gasteiger partial charge in [-0.2, -0.15) is 0 Å². The first-order valence-corrected chi connectivity index (χ1v) is 8.58. The molecule has 102 valence electrons. The molecule has 0 heterocycles. The van der Waals surface area contributed by atoms with Gasteiger partial charge in [0.25, 0.3) is 0 Å². The lowest BCUT2D eigenvalue weighted by Gasteiger charge is -2.11. The quantitative estimate of drug-likeness (QED) is 0.479. The van der Waals surface area contributed by atoms with Crippen LogP contribution in [0, 0.1) is 23.7 Å². The average molecular weight is 246 g/mol. The summed E-state index contributed by atoms with van der Waals surface area (Å²) in [5, 5.41) is 0. The minimum atomic E-state index is 1.09. The van der Waals surface area contributed by atoms with Crippen molar-refractivity contribution in [1.82, 2.24) is 0 Å². The Balaban J connectivity index is 1.50. The van der Waals surface area contributed by atoms with Crippen molar-refractivity contribution in [2.45, 2.75) is 77.0 Å². The molecule has 2 bridgehead atoms. The predicted octanol–water partition coefficient (Wildman–Crippen LogP) is 5.73. The maximum Gasteiger partial charge on any atom is -0.0351 e. The molecule has 0 radical (unpaired) electrons. The summed E-state index contributed by atoms with van der Waals surface area (Å²) in [6.07, 6.45) is 22.8. The van der Waals surface area contributed by atoms with Crippen LogP contribution in [0.2, 0.25) is 0 Å². The second-order valence-electron chi connectivity index (χ2n) is 7.14. The van der Waals surface area contributed by atoms with Crippen molar-refractivity contribution >= 4 is 0 Å². The standard InChI is InChI=1S/C18H30/c1-2-4-6-8-10-16-14-18(16)17-12-11-15(13-17)9-7-5-3-1/h1,3,15-18H,2,4-14H2/b3-1-. The number of fused-ring (bicyclic) bond motifs is 4. The van der Waals surface area contributed by atoms with Crippen molar-refractivity contribution in [2.75, 3.05) is 0 Å². The molecule has 3 rings (SSSR count). The van der Waals surface area contributed by atoms with E-state index in [0.717, 1.165) is 17.8 Å². The molecule has 2 fully saturated rings. The van der Waals surface area contributed by atoms with Crippen LogP contribution in [0.3, 0.4) is 0 Å².